The molecule has 2 N–H and O–H groups in total. The van der Waals surface area contributed by atoms with E-state index < -0.39 is 11.9 Å². The number of likely N-dealkylation sites (tertiary alicyclic amines) is 1. The van der Waals surface area contributed by atoms with Crippen molar-refractivity contribution in [2.24, 2.45) is 5.92 Å². The van der Waals surface area contributed by atoms with E-state index in [-0.39, 0.29) is 5.91 Å². The lowest BCUT2D eigenvalue weighted by molar-refractivity contribution is -0.129. The van der Waals surface area contributed by atoms with Crippen molar-refractivity contribution in [2.45, 2.75) is 64.1 Å². The largest absolute Gasteiger partial charge is 0.377 e. The molecule has 1 aromatic carbocycles. The van der Waals surface area contributed by atoms with E-state index >= 15 is 0 Å². The molecular weight excluding hydrogens is 520 g/mol. The predicted molar refractivity (Wildman–Crippen MR) is 159 cm³/mol. The summed E-state index contributed by atoms with van der Waals surface area (Å²) >= 11 is 0. The number of ether oxygens (including phenoxy) is 1. The van der Waals surface area contributed by atoms with Crippen LogP contribution in [-0.4, -0.2) is 117 Å². The number of carbonyl (C=O) groups is 3. The summed E-state index contributed by atoms with van der Waals surface area (Å²) in [5, 5.41) is 5.64. The number of nitrogens with one attached hydrogen (secondary N) is 2. The lowest BCUT2D eigenvalue weighted by Gasteiger charge is -2.39. The summed E-state index contributed by atoms with van der Waals surface area (Å²) in [6, 6.07) is 5.44. The Morgan fingerprint density at radius 3 is 2.54 bits per heavy atom. The maximum atomic E-state index is 13.1. The molecular formula is C31H48N6O4. The van der Waals surface area contributed by atoms with Gasteiger partial charge in [-0.25, -0.2) is 0 Å². The molecule has 10 nitrogen and oxygen atoms in total. The SMILES string of the molecule is CCCC(C(=O)NC=O)N1Cc2cc(N3CCN(CC4CCN(CCOC5CCNCC5)CC4)CC3)ccc2C1=O. The van der Waals surface area contributed by atoms with E-state index in [1.54, 1.807) is 4.90 Å². The monoisotopic (exact) mass is 568 g/mol. The van der Waals surface area contributed by atoms with Crippen LogP contribution in [0.15, 0.2) is 18.2 Å². The molecule has 41 heavy (non-hydrogen) atoms. The first kappa shape index (κ1) is 29.9. The van der Waals surface area contributed by atoms with Gasteiger partial charge >= 0.3 is 0 Å². The van der Waals surface area contributed by atoms with Crippen molar-refractivity contribution in [3.63, 3.8) is 0 Å². The maximum Gasteiger partial charge on any atom is 0.255 e. The second-order valence-electron chi connectivity index (χ2n) is 12.1. The maximum absolute atomic E-state index is 13.1. The summed E-state index contributed by atoms with van der Waals surface area (Å²) in [5.74, 6) is 0.232. The number of imide groups is 1. The Bertz CT molecular complexity index is 1030. The van der Waals surface area contributed by atoms with Gasteiger partial charge in [-0.05, 0) is 88.0 Å². The lowest BCUT2D eigenvalue weighted by Crippen LogP contribution is -2.49. The molecule has 0 radical (unpaired) electrons. The molecule has 1 aromatic rings. The fourth-order valence-electron chi connectivity index (χ4n) is 6.89. The minimum absolute atomic E-state index is 0.129. The van der Waals surface area contributed by atoms with Gasteiger partial charge in [-0.2, -0.15) is 0 Å². The number of amides is 3. The number of nitrogens with zero attached hydrogens (tertiary/aromatic N) is 4. The van der Waals surface area contributed by atoms with E-state index in [9.17, 15) is 14.4 Å². The summed E-state index contributed by atoms with van der Waals surface area (Å²) in [5.41, 5.74) is 2.77. The van der Waals surface area contributed by atoms with Gasteiger partial charge in [-0.1, -0.05) is 13.3 Å². The molecule has 4 aliphatic rings. The van der Waals surface area contributed by atoms with Crippen molar-refractivity contribution in [1.82, 2.24) is 25.3 Å². The minimum Gasteiger partial charge on any atom is -0.377 e. The van der Waals surface area contributed by atoms with Crippen LogP contribution in [0.4, 0.5) is 5.69 Å². The summed E-state index contributed by atoms with van der Waals surface area (Å²) in [4.78, 5) is 45.6. The molecule has 1 unspecified atom stereocenters. The smallest absolute Gasteiger partial charge is 0.255 e. The molecule has 226 valence electrons. The number of benzene rings is 1. The Morgan fingerprint density at radius 2 is 1.83 bits per heavy atom. The molecule has 0 spiro atoms. The van der Waals surface area contributed by atoms with E-state index in [1.165, 1.54) is 32.5 Å². The molecule has 0 aliphatic carbocycles. The van der Waals surface area contributed by atoms with E-state index in [0.717, 1.165) is 88.9 Å². The number of hydrogen-bond acceptors (Lipinski definition) is 8. The molecule has 4 aliphatic heterocycles. The fourth-order valence-corrected chi connectivity index (χ4v) is 6.89. The normalized spacial score (nSPS) is 22.1. The third-order valence-corrected chi connectivity index (χ3v) is 9.37. The molecule has 4 heterocycles. The van der Waals surface area contributed by atoms with Crippen LogP contribution in [0.3, 0.4) is 0 Å². The third kappa shape index (κ3) is 7.66. The molecule has 3 saturated heterocycles. The first-order chi connectivity index (χ1) is 20.1. The van der Waals surface area contributed by atoms with Crippen LogP contribution in [0.5, 0.6) is 0 Å². The number of rotatable bonds is 12. The summed E-state index contributed by atoms with van der Waals surface area (Å²) in [6.45, 7) is 14.1. The summed E-state index contributed by atoms with van der Waals surface area (Å²) < 4.78 is 6.11. The lowest BCUT2D eigenvalue weighted by atomic mass is 9.96. The third-order valence-electron chi connectivity index (χ3n) is 9.37. The number of piperazine rings is 1. The number of piperidine rings is 2. The first-order valence-corrected chi connectivity index (χ1v) is 15.8. The molecule has 1 atom stereocenters. The van der Waals surface area contributed by atoms with Crippen LogP contribution in [0.1, 0.15) is 61.4 Å². The van der Waals surface area contributed by atoms with Gasteiger partial charge in [0.15, 0.2) is 0 Å². The van der Waals surface area contributed by atoms with Crippen LogP contribution in [0, 0.1) is 5.92 Å². The van der Waals surface area contributed by atoms with E-state index in [4.69, 9.17) is 4.74 Å². The highest BCUT2D eigenvalue weighted by molar-refractivity contribution is 6.02. The first-order valence-electron chi connectivity index (χ1n) is 15.8. The van der Waals surface area contributed by atoms with Gasteiger partial charge in [0.05, 0.1) is 12.7 Å². The highest BCUT2D eigenvalue weighted by Crippen LogP contribution is 2.30. The van der Waals surface area contributed by atoms with Gasteiger partial charge in [0, 0.05) is 57.1 Å². The van der Waals surface area contributed by atoms with Gasteiger partial charge < -0.3 is 24.8 Å². The Labute approximate surface area is 244 Å². The molecule has 0 saturated carbocycles. The predicted octanol–water partition coefficient (Wildman–Crippen LogP) is 1.69. The second kappa shape index (κ2) is 14.6. The van der Waals surface area contributed by atoms with Crippen LogP contribution in [0.25, 0.3) is 0 Å². The highest BCUT2D eigenvalue weighted by atomic mass is 16.5. The second-order valence-corrected chi connectivity index (χ2v) is 12.1. The zero-order chi connectivity index (χ0) is 28.6. The number of carbonyl (C=O) groups excluding carboxylic acids is 3. The van der Waals surface area contributed by atoms with Crippen LogP contribution in [0.2, 0.25) is 0 Å². The quantitative estimate of drug-likeness (QED) is 0.368. The van der Waals surface area contributed by atoms with E-state index in [1.807, 2.05) is 19.1 Å². The standard InChI is InChI=1S/C31H48N6O4/c1-2-3-29(30(39)33-23-38)37-22-25-20-26(4-5-28(25)31(37)40)36-16-14-35(15-17-36)21-24-8-12-34(13-9-24)18-19-41-27-6-10-32-11-7-27/h4-5,20,23-24,27,29,32H,2-3,6-19,21-22H2,1H3,(H,33,38,39). The molecule has 5 rings (SSSR count). The number of fused-ring (bicyclic) bond motifs is 1. The van der Waals surface area contributed by atoms with Crippen LogP contribution < -0.4 is 15.5 Å². The van der Waals surface area contributed by atoms with Gasteiger partial charge in [-0.3, -0.25) is 24.6 Å². The van der Waals surface area contributed by atoms with Crippen LogP contribution >= 0.6 is 0 Å². The van der Waals surface area contributed by atoms with Crippen molar-refractivity contribution in [3.05, 3.63) is 29.3 Å². The van der Waals surface area contributed by atoms with Gasteiger partial charge in [0.25, 0.3) is 5.91 Å². The zero-order valence-electron chi connectivity index (χ0n) is 24.7. The Kier molecular flexibility index (Phi) is 10.6. The van der Waals surface area contributed by atoms with Crippen molar-refractivity contribution in [1.29, 1.82) is 0 Å². The van der Waals surface area contributed by atoms with E-state index in [2.05, 4.69) is 31.4 Å². The van der Waals surface area contributed by atoms with Crippen molar-refractivity contribution < 1.29 is 19.1 Å². The van der Waals surface area contributed by atoms with Crippen molar-refractivity contribution >= 4 is 23.9 Å². The fraction of sp³-hybridized carbons (Fsp3) is 0.710. The molecule has 3 fully saturated rings. The van der Waals surface area contributed by atoms with Crippen LogP contribution in [-0.2, 0) is 20.9 Å². The number of anilines is 1. The Hall–Kier alpha value is -2.53. The minimum atomic E-state index is -0.628. The Balaban J connectivity index is 1.04. The van der Waals surface area contributed by atoms with Gasteiger partial charge in [0.2, 0.25) is 12.3 Å². The summed E-state index contributed by atoms with van der Waals surface area (Å²) in [7, 11) is 0. The zero-order valence-corrected chi connectivity index (χ0v) is 24.7. The van der Waals surface area contributed by atoms with Crippen molar-refractivity contribution in [3.8, 4) is 0 Å². The average Bonchev–Trinajstić information content (AvgIpc) is 3.33. The number of hydrogen-bond donors (Lipinski definition) is 2. The molecule has 3 amide bonds. The topological polar surface area (TPSA) is 97.5 Å². The molecule has 0 bridgehead atoms. The molecule has 0 aromatic heterocycles. The van der Waals surface area contributed by atoms with Gasteiger partial charge in [0.1, 0.15) is 6.04 Å². The van der Waals surface area contributed by atoms with E-state index in [0.29, 0.717) is 31.0 Å². The summed E-state index contributed by atoms with van der Waals surface area (Å²) in [6.07, 6.45) is 6.94. The highest BCUT2D eigenvalue weighted by Gasteiger charge is 2.36. The molecule has 10 heteroatoms. The Morgan fingerprint density at radius 1 is 1.07 bits per heavy atom. The average molecular weight is 569 g/mol. The van der Waals surface area contributed by atoms with Crippen molar-refractivity contribution in [2.75, 3.05) is 77.0 Å². The van der Waals surface area contributed by atoms with Gasteiger partial charge in [-0.15, -0.1) is 0 Å².